The maximum absolute atomic E-state index is 11.8. The molecule has 1 heterocycles. The van der Waals surface area contributed by atoms with Crippen molar-refractivity contribution in [3.63, 3.8) is 0 Å². The van der Waals surface area contributed by atoms with Crippen molar-refractivity contribution in [2.45, 2.75) is 77.1 Å². The Bertz CT molecular complexity index is 550. The second-order valence-electron chi connectivity index (χ2n) is 6.78. The van der Waals surface area contributed by atoms with Crippen LogP contribution < -0.4 is 10.8 Å². The van der Waals surface area contributed by atoms with Gasteiger partial charge < -0.3 is 10.1 Å². The first-order chi connectivity index (χ1) is 12.6. The fourth-order valence-electron chi connectivity index (χ4n) is 2.91. The molecule has 0 spiro atoms. The van der Waals surface area contributed by atoms with E-state index in [4.69, 9.17) is 9.57 Å². The smallest absolute Gasteiger partial charge is 0.243 e. The lowest BCUT2D eigenvalue weighted by Gasteiger charge is -2.27. The van der Waals surface area contributed by atoms with Gasteiger partial charge in [-0.05, 0) is 44.7 Å². The van der Waals surface area contributed by atoms with E-state index in [0.29, 0.717) is 12.8 Å². The van der Waals surface area contributed by atoms with Gasteiger partial charge in [0.15, 0.2) is 6.29 Å². The average molecular weight is 362 g/mol. The highest BCUT2D eigenvalue weighted by Crippen LogP contribution is 2.18. The lowest BCUT2D eigenvalue weighted by molar-refractivity contribution is -0.219. The Morgan fingerprint density at radius 1 is 1.04 bits per heavy atom. The van der Waals surface area contributed by atoms with Crippen molar-refractivity contribution in [1.82, 2.24) is 5.48 Å². The zero-order valence-corrected chi connectivity index (χ0v) is 15.5. The van der Waals surface area contributed by atoms with E-state index >= 15 is 0 Å². The highest BCUT2D eigenvalue weighted by atomic mass is 16.8. The molecule has 1 aliphatic rings. The third-order valence-electron chi connectivity index (χ3n) is 4.35. The van der Waals surface area contributed by atoms with Gasteiger partial charge in [0.05, 0.1) is 6.10 Å². The zero-order valence-electron chi connectivity index (χ0n) is 15.5. The molecule has 1 aromatic carbocycles. The minimum atomic E-state index is -0.328. The molecule has 6 nitrogen and oxygen atoms in total. The minimum Gasteiger partial charge on any atom is -0.347 e. The average Bonchev–Trinajstić information content (AvgIpc) is 2.64. The van der Waals surface area contributed by atoms with E-state index in [0.717, 1.165) is 50.6 Å². The Balaban J connectivity index is 1.44. The van der Waals surface area contributed by atoms with Crippen LogP contribution in [0, 0.1) is 0 Å². The standard InChI is InChI=1S/C20H30N2O4/c1-16-10-9-15-20(25-16)26-22-19(24)14-8-3-2-7-13-18(23)21-17-11-5-4-6-12-17/h4-6,11-12,16,20H,2-3,7-10,13-15H2,1H3,(H,21,23)(H,22,24)/t16-,20?/m0/s1. The summed E-state index contributed by atoms with van der Waals surface area (Å²) in [4.78, 5) is 28.9. The number of hydrogen-bond acceptors (Lipinski definition) is 4. The minimum absolute atomic E-state index is 0.0315. The number of carbonyl (C=O) groups is 2. The molecule has 1 unspecified atom stereocenters. The number of amides is 2. The first-order valence-corrected chi connectivity index (χ1v) is 9.58. The molecule has 0 radical (unpaired) electrons. The highest BCUT2D eigenvalue weighted by molar-refractivity contribution is 5.90. The van der Waals surface area contributed by atoms with Crippen LogP contribution in [0.15, 0.2) is 30.3 Å². The number of rotatable bonds is 10. The van der Waals surface area contributed by atoms with Crippen LogP contribution in [-0.4, -0.2) is 24.2 Å². The largest absolute Gasteiger partial charge is 0.347 e. The van der Waals surface area contributed by atoms with E-state index in [9.17, 15) is 9.59 Å². The Morgan fingerprint density at radius 2 is 1.73 bits per heavy atom. The molecule has 2 rings (SSSR count). The van der Waals surface area contributed by atoms with E-state index in [1.54, 1.807) is 0 Å². The Hall–Kier alpha value is -1.92. The van der Waals surface area contributed by atoms with Crippen LogP contribution in [0.4, 0.5) is 5.69 Å². The Kier molecular flexibility index (Phi) is 9.14. The summed E-state index contributed by atoms with van der Waals surface area (Å²) in [7, 11) is 0. The maximum Gasteiger partial charge on any atom is 0.243 e. The van der Waals surface area contributed by atoms with Gasteiger partial charge in [-0.15, -0.1) is 0 Å². The molecule has 26 heavy (non-hydrogen) atoms. The molecule has 1 saturated heterocycles. The number of unbranched alkanes of at least 4 members (excludes halogenated alkanes) is 3. The van der Waals surface area contributed by atoms with Gasteiger partial charge in [0, 0.05) is 24.9 Å². The van der Waals surface area contributed by atoms with Crippen molar-refractivity contribution in [3.05, 3.63) is 30.3 Å². The van der Waals surface area contributed by atoms with Gasteiger partial charge in [0.2, 0.25) is 11.8 Å². The number of hydroxylamine groups is 1. The van der Waals surface area contributed by atoms with Gasteiger partial charge in [-0.2, -0.15) is 0 Å². The van der Waals surface area contributed by atoms with Crippen molar-refractivity contribution in [3.8, 4) is 0 Å². The molecular formula is C20H30N2O4. The number of benzene rings is 1. The summed E-state index contributed by atoms with van der Waals surface area (Å²) in [5, 5.41) is 2.87. The number of para-hydroxylation sites is 1. The summed E-state index contributed by atoms with van der Waals surface area (Å²) >= 11 is 0. The lowest BCUT2D eigenvalue weighted by atomic mass is 10.1. The normalized spacial score (nSPS) is 19.7. The van der Waals surface area contributed by atoms with Crippen LogP contribution in [-0.2, 0) is 19.2 Å². The number of anilines is 1. The van der Waals surface area contributed by atoms with Crippen molar-refractivity contribution in [1.29, 1.82) is 0 Å². The van der Waals surface area contributed by atoms with Crippen LogP contribution in [0.3, 0.4) is 0 Å². The molecule has 0 bridgehead atoms. The summed E-state index contributed by atoms with van der Waals surface area (Å²) in [6.07, 6.45) is 7.16. The second kappa shape index (κ2) is 11.6. The molecule has 1 fully saturated rings. The third kappa shape index (κ3) is 8.45. The molecule has 6 heteroatoms. The molecular weight excluding hydrogens is 332 g/mol. The lowest BCUT2D eigenvalue weighted by Crippen LogP contribution is -2.35. The summed E-state index contributed by atoms with van der Waals surface area (Å²) in [5.74, 6) is -0.0855. The number of nitrogens with one attached hydrogen (secondary N) is 2. The van der Waals surface area contributed by atoms with Crippen LogP contribution in [0.2, 0.25) is 0 Å². The molecule has 144 valence electrons. The van der Waals surface area contributed by atoms with E-state index < -0.39 is 0 Å². The Labute approximate surface area is 155 Å². The van der Waals surface area contributed by atoms with Gasteiger partial charge >= 0.3 is 0 Å². The molecule has 0 aliphatic carbocycles. The fraction of sp³-hybridized carbons (Fsp3) is 0.600. The summed E-state index contributed by atoms with van der Waals surface area (Å²) in [6, 6.07) is 9.45. The van der Waals surface area contributed by atoms with E-state index in [2.05, 4.69) is 10.8 Å². The van der Waals surface area contributed by atoms with Crippen LogP contribution in [0.5, 0.6) is 0 Å². The van der Waals surface area contributed by atoms with Gasteiger partial charge in [0.25, 0.3) is 0 Å². The topological polar surface area (TPSA) is 76.7 Å². The molecule has 1 aliphatic heterocycles. The van der Waals surface area contributed by atoms with Crippen molar-refractivity contribution < 1.29 is 19.2 Å². The number of carbonyl (C=O) groups excluding carboxylic acids is 2. The third-order valence-corrected chi connectivity index (χ3v) is 4.35. The molecule has 0 saturated carbocycles. The van der Waals surface area contributed by atoms with Crippen LogP contribution in [0.1, 0.15) is 64.7 Å². The van der Waals surface area contributed by atoms with Crippen LogP contribution in [0.25, 0.3) is 0 Å². The van der Waals surface area contributed by atoms with Crippen molar-refractivity contribution in [2.75, 3.05) is 5.32 Å². The SMILES string of the molecule is C[C@H]1CCCC(ONC(=O)CCCCCCC(=O)Nc2ccccc2)O1. The highest BCUT2D eigenvalue weighted by Gasteiger charge is 2.20. The predicted molar refractivity (Wildman–Crippen MR) is 100 cm³/mol. The fourth-order valence-corrected chi connectivity index (χ4v) is 2.91. The van der Waals surface area contributed by atoms with Crippen molar-refractivity contribution >= 4 is 17.5 Å². The molecule has 2 amide bonds. The monoisotopic (exact) mass is 362 g/mol. The molecule has 0 aromatic heterocycles. The number of hydrogen-bond donors (Lipinski definition) is 2. The summed E-state index contributed by atoms with van der Waals surface area (Å²) in [6.45, 7) is 2.01. The van der Waals surface area contributed by atoms with Gasteiger partial charge in [0.1, 0.15) is 0 Å². The van der Waals surface area contributed by atoms with Crippen molar-refractivity contribution in [2.24, 2.45) is 0 Å². The predicted octanol–water partition coefficient (Wildman–Crippen LogP) is 3.93. The Morgan fingerprint density at radius 3 is 2.42 bits per heavy atom. The van der Waals surface area contributed by atoms with E-state index in [-0.39, 0.29) is 24.2 Å². The summed E-state index contributed by atoms with van der Waals surface area (Å²) in [5.41, 5.74) is 3.31. The first kappa shape index (κ1) is 20.4. The van der Waals surface area contributed by atoms with Gasteiger partial charge in [-0.1, -0.05) is 31.0 Å². The van der Waals surface area contributed by atoms with Gasteiger partial charge in [-0.3, -0.25) is 9.59 Å². The number of ether oxygens (including phenoxy) is 1. The quantitative estimate of drug-likeness (QED) is 0.488. The summed E-state index contributed by atoms with van der Waals surface area (Å²) < 4.78 is 5.58. The van der Waals surface area contributed by atoms with E-state index in [1.165, 1.54) is 0 Å². The van der Waals surface area contributed by atoms with E-state index in [1.807, 2.05) is 37.3 Å². The zero-order chi connectivity index (χ0) is 18.6. The second-order valence-corrected chi connectivity index (χ2v) is 6.78. The van der Waals surface area contributed by atoms with Crippen LogP contribution >= 0.6 is 0 Å². The maximum atomic E-state index is 11.8. The first-order valence-electron chi connectivity index (χ1n) is 9.58. The van der Waals surface area contributed by atoms with Gasteiger partial charge in [-0.25, -0.2) is 10.3 Å². The molecule has 2 N–H and O–H groups in total. The molecule has 1 aromatic rings. The molecule has 2 atom stereocenters.